The van der Waals surface area contributed by atoms with Crippen LogP contribution in [0, 0.1) is 0 Å². The molecule has 5 nitrogen and oxygen atoms in total. The Labute approximate surface area is 166 Å². The molecule has 0 aliphatic carbocycles. The number of hydrogen-bond donors (Lipinski definition) is 3. The van der Waals surface area contributed by atoms with E-state index in [9.17, 15) is 5.11 Å². The molecule has 1 aliphatic rings. The van der Waals surface area contributed by atoms with Crippen LogP contribution in [0.4, 0.5) is 0 Å². The third kappa shape index (κ3) is 7.70. The lowest BCUT2D eigenvalue weighted by molar-refractivity contribution is 0.187. The second-order valence-corrected chi connectivity index (χ2v) is 7.49. The maximum atomic E-state index is 10.3. The Bertz CT molecular complexity index is 556. The monoisotopic (exact) mass is 400 g/mol. The molecular weight excluding hydrogens is 371 g/mol. The number of aliphatic hydroxyl groups is 1. The topological polar surface area (TPSA) is 59.9 Å². The molecule has 1 saturated heterocycles. The van der Waals surface area contributed by atoms with Crippen molar-refractivity contribution in [2.24, 2.45) is 4.99 Å². The molecule has 1 heterocycles. The normalized spacial score (nSPS) is 16.7. The van der Waals surface area contributed by atoms with E-state index in [1.165, 1.54) is 38.9 Å². The molecular formula is C19H30Cl2N4O. The number of aliphatic imine (C=N–C) groups is 1. The van der Waals surface area contributed by atoms with E-state index in [-0.39, 0.29) is 6.54 Å². The summed E-state index contributed by atoms with van der Waals surface area (Å²) in [5.41, 5.74) is 0.674. The Balaban J connectivity index is 1.75. The molecule has 7 heteroatoms. The van der Waals surface area contributed by atoms with Crippen LogP contribution >= 0.6 is 23.2 Å². The summed E-state index contributed by atoms with van der Waals surface area (Å²) in [5, 5.41) is 17.9. The van der Waals surface area contributed by atoms with Crippen LogP contribution in [-0.2, 0) is 0 Å². The van der Waals surface area contributed by atoms with E-state index in [1.54, 1.807) is 18.2 Å². The van der Waals surface area contributed by atoms with Crippen LogP contribution in [0.3, 0.4) is 0 Å². The largest absolute Gasteiger partial charge is 0.386 e. The van der Waals surface area contributed by atoms with Crippen LogP contribution in [0.1, 0.15) is 44.3 Å². The Morgan fingerprint density at radius 2 is 1.85 bits per heavy atom. The first-order valence-corrected chi connectivity index (χ1v) is 10.2. The average molecular weight is 401 g/mol. The summed E-state index contributed by atoms with van der Waals surface area (Å²) in [6, 6.07) is 5.08. The number of unbranched alkanes of at least 4 members (excludes halogenated alkanes) is 1. The summed E-state index contributed by atoms with van der Waals surface area (Å²) in [4.78, 5) is 7.01. The van der Waals surface area contributed by atoms with Gasteiger partial charge in [0.1, 0.15) is 0 Å². The van der Waals surface area contributed by atoms with Gasteiger partial charge in [-0.2, -0.15) is 0 Å². The quantitative estimate of drug-likeness (QED) is 0.337. The van der Waals surface area contributed by atoms with E-state index in [0.717, 1.165) is 25.5 Å². The van der Waals surface area contributed by atoms with E-state index < -0.39 is 6.10 Å². The zero-order valence-electron chi connectivity index (χ0n) is 15.5. The van der Waals surface area contributed by atoms with Gasteiger partial charge in [0.05, 0.1) is 12.6 Å². The van der Waals surface area contributed by atoms with Gasteiger partial charge in [-0.1, -0.05) is 23.2 Å². The second-order valence-electron chi connectivity index (χ2n) is 6.62. The van der Waals surface area contributed by atoms with Gasteiger partial charge in [0, 0.05) is 23.1 Å². The van der Waals surface area contributed by atoms with E-state index in [0.29, 0.717) is 15.6 Å². The second kappa shape index (κ2) is 11.7. The maximum absolute atomic E-state index is 10.3. The molecule has 3 N–H and O–H groups in total. The van der Waals surface area contributed by atoms with Crippen LogP contribution < -0.4 is 10.6 Å². The lowest BCUT2D eigenvalue weighted by Crippen LogP contribution is -2.38. The summed E-state index contributed by atoms with van der Waals surface area (Å²) in [7, 11) is 0. The standard InChI is InChI=1S/C19H30Cl2N4O/c1-2-22-19(23-7-3-4-8-25-9-5-6-10-25)24-14-18(26)15-11-16(20)13-17(21)12-15/h11-13,18,26H,2-10,14H2,1H3,(H2,22,23,24). The fourth-order valence-corrected chi connectivity index (χ4v) is 3.61. The fraction of sp³-hybridized carbons (Fsp3) is 0.632. The van der Waals surface area contributed by atoms with Crippen molar-refractivity contribution in [2.45, 2.75) is 38.7 Å². The summed E-state index contributed by atoms with van der Waals surface area (Å²) in [5.74, 6) is 0.723. The zero-order valence-corrected chi connectivity index (χ0v) is 17.0. The predicted octanol–water partition coefficient (Wildman–Crippen LogP) is 3.46. The van der Waals surface area contributed by atoms with Gasteiger partial charge in [-0.25, -0.2) is 0 Å². The molecule has 26 heavy (non-hydrogen) atoms. The lowest BCUT2D eigenvalue weighted by Gasteiger charge is -2.15. The smallest absolute Gasteiger partial charge is 0.191 e. The van der Waals surface area contributed by atoms with Crippen LogP contribution in [-0.4, -0.2) is 55.2 Å². The lowest BCUT2D eigenvalue weighted by atomic mass is 10.1. The summed E-state index contributed by atoms with van der Waals surface area (Å²) < 4.78 is 0. The SMILES string of the molecule is CCNC(=NCC(O)c1cc(Cl)cc(Cl)c1)NCCCCN1CCCC1. The van der Waals surface area contributed by atoms with Gasteiger partial charge in [-0.05, 0) is 76.0 Å². The van der Waals surface area contributed by atoms with Gasteiger partial charge in [-0.3, -0.25) is 4.99 Å². The molecule has 1 atom stereocenters. The molecule has 1 unspecified atom stereocenters. The van der Waals surface area contributed by atoms with Gasteiger partial charge < -0.3 is 20.6 Å². The Morgan fingerprint density at radius 1 is 1.15 bits per heavy atom. The Hall–Kier alpha value is -1.01. The van der Waals surface area contributed by atoms with Gasteiger partial charge in [-0.15, -0.1) is 0 Å². The van der Waals surface area contributed by atoms with Gasteiger partial charge in [0.25, 0.3) is 0 Å². The molecule has 1 aromatic carbocycles. The minimum absolute atomic E-state index is 0.250. The summed E-state index contributed by atoms with van der Waals surface area (Å²) in [6.45, 7) is 7.62. The van der Waals surface area contributed by atoms with E-state index >= 15 is 0 Å². The Kier molecular flexibility index (Phi) is 9.54. The van der Waals surface area contributed by atoms with Crippen molar-refractivity contribution in [3.8, 4) is 0 Å². The highest BCUT2D eigenvalue weighted by atomic mass is 35.5. The van der Waals surface area contributed by atoms with Gasteiger partial charge >= 0.3 is 0 Å². The molecule has 0 radical (unpaired) electrons. The minimum atomic E-state index is -0.739. The molecule has 1 aliphatic heterocycles. The number of likely N-dealkylation sites (tertiary alicyclic amines) is 1. The number of hydrogen-bond acceptors (Lipinski definition) is 3. The number of nitrogens with one attached hydrogen (secondary N) is 2. The van der Waals surface area contributed by atoms with Crippen molar-refractivity contribution in [3.05, 3.63) is 33.8 Å². The highest BCUT2D eigenvalue weighted by Gasteiger charge is 2.11. The van der Waals surface area contributed by atoms with Crippen molar-refractivity contribution >= 4 is 29.2 Å². The van der Waals surface area contributed by atoms with Crippen LogP contribution in [0.5, 0.6) is 0 Å². The summed E-state index contributed by atoms with van der Waals surface area (Å²) >= 11 is 12.0. The van der Waals surface area contributed by atoms with Gasteiger partial charge in [0.15, 0.2) is 5.96 Å². The van der Waals surface area contributed by atoms with Crippen molar-refractivity contribution in [1.29, 1.82) is 0 Å². The minimum Gasteiger partial charge on any atom is -0.386 e. The molecule has 0 saturated carbocycles. The van der Waals surface area contributed by atoms with Crippen LogP contribution in [0.25, 0.3) is 0 Å². The maximum Gasteiger partial charge on any atom is 0.191 e. The molecule has 0 amide bonds. The number of rotatable bonds is 9. The van der Waals surface area contributed by atoms with Crippen molar-refractivity contribution in [2.75, 3.05) is 39.3 Å². The van der Waals surface area contributed by atoms with Crippen LogP contribution in [0.15, 0.2) is 23.2 Å². The first-order chi connectivity index (χ1) is 12.6. The number of nitrogens with zero attached hydrogens (tertiary/aromatic N) is 2. The number of benzene rings is 1. The highest BCUT2D eigenvalue weighted by molar-refractivity contribution is 6.34. The van der Waals surface area contributed by atoms with Crippen molar-refractivity contribution in [3.63, 3.8) is 0 Å². The first kappa shape index (κ1) is 21.3. The van der Waals surface area contributed by atoms with E-state index in [1.807, 2.05) is 6.92 Å². The first-order valence-electron chi connectivity index (χ1n) is 9.47. The Morgan fingerprint density at radius 3 is 2.50 bits per heavy atom. The molecule has 0 aromatic heterocycles. The number of guanidine groups is 1. The molecule has 2 rings (SSSR count). The third-order valence-electron chi connectivity index (χ3n) is 4.43. The predicted molar refractivity (Wildman–Crippen MR) is 110 cm³/mol. The van der Waals surface area contributed by atoms with Crippen molar-refractivity contribution in [1.82, 2.24) is 15.5 Å². The van der Waals surface area contributed by atoms with Crippen LogP contribution in [0.2, 0.25) is 10.0 Å². The zero-order chi connectivity index (χ0) is 18.8. The molecule has 1 aromatic rings. The van der Waals surface area contributed by atoms with E-state index in [4.69, 9.17) is 23.2 Å². The molecule has 0 spiro atoms. The summed E-state index contributed by atoms with van der Waals surface area (Å²) in [6.07, 6.45) is 4.24. The average Bonchev–Trinajstić information content (AvgIpc) is 3.11. The van der Waals surface area contributed by atoms with E-state index in [2.05, 4.69) is 20.5 Å². The third-order valence-corrected chi connectivity index (χ3v) is 4.86. The molecule has 1 fully saturated rings. The fourth-order valence-electron chi connectivity index (χ4n) is 3.07. The van der Waals surface area contributed by atoms with Crippen molar-refractivity contribution < 1.29 is 5.11 Å². The highest BCUT2D eigenvalue weighted by Crippen LogP contribution is 2.23. The number of halogens is 2. The van der Waals surface area contributed by atoms with Gasteiger partial charge in [0.2, 0.25) is 0 Å². The number of aliphatic hydroxyl groups excluding tert-OH is 1. The molecule has 146 valence electrons. The molecule has 0 bridgehead atoms.